The monoisotopic (exact) mass is 417 g/mol. The van der Waals surface area contributed by atoms with Gasteiger partial charge in [-0.05, 0) is 30.3 Å². The van der Waals surface area contributed by atoms with E-state index in [0.717, 1.165) is 24.5 Å². The topological polar surface area (TPSA) is 120 Å². The molecule has 2 aromatic carbocycles. The molecule has 2 aromatic rings. The molecule has 0 unspecified atom stereocenters. The maximum Gasteiger partial charge on any atom is 0.337 e. The molecule has 0 fully saturated rings. The van der Waals surface area contributed by atoms with E-state index in [4.69, 9.17) is 14.7 Å². The molecule has 0 amide bonds. The zero-order chi connectivity index (χ0) is 21.8. The standard InChI is InChI=1S/C22H19N5O4/c1-27-10-9-24-20(27)14-3-2-4-16(11-14)31-22-25-8-7-19(26-22)30-17-6-5-15(13-23)18(12-17)21(28)29/h2-6,11-12H,7-10H2,1H3,(H,28,29). The van der Waals surface area contributed by atoms with Gasteiger partial charge >= 0.3 is 12.0 Å². The van der Waals surface area contributed by atoms with Gasteiger partial charge in [-0.1, -0.05) is 12.1 Å². The van der Waals surface area contributed by atoms with Gasteiger partial charge in [0.1, 0.15) is 23.4 Å². The molecule has 4 rings (SSSR count). The Bertz CT molecular complexity index is 1160. The van der Waals surface area contributed by atoms with Crippen molar-refractivity contribution < 1.29 is 19.4 Å². The van der Waals surface area contributed by atoms with Crippen molar-refractivity contribution in [1.29, 1.82) is 5.26 Å². The Kier molecular flexibility index (Phi) is 5.62. The van der Waals surface area contributed by atoms with Crippen LogP contribution in [0.2, 0.25) is 0 Å². The minimum absolute atomic E-state index is 0.0633. The molecule has 0 aromatic heterocycles. The van der Waals surface area contributed by atoms with Crippen LogP contribution in [0.1, 0.15) is 27.9 Å². The third-order valence-electron chi connectivity index (χ3n) is 4.73. The molecule has 0 saturated carbocycles. The van der Waals surface area contributed by atoms with Crippen molar-refractivity contribution in [1.82, 2.24) is 4.90 Å². The first-order chi connectivity index (χ1) is 15.0. The Morgan fingerprint density at radius 1 is 1.13 bits per heavy atom. The van der Waals surface area contributed by atoms with Gasteiger partial charge in [0, 0.05) is 25.6 Å². The Morgan fingerprint density at radius 3 is 2.71 bits per heavy atom. The second-order valence-corrected chi connectivity index (χ2v) is 6.90. The van der Waals surface area contributed by atoms with Crippen LogP contribution in [0.25, 0.3) is 0 Å². The van der Waals surface area contributed by atoms with Gasteiger partial charge in [0.25, 0.3) is 0 Å². The summed E-state index contributed by atoms with van der Waals surface area (Å²) < 4.78 is 11.6. The van der Waals surface area contributed by atoms with E-state index in [1.54, 1.807) is 0 Å². The molecule has 0 saturated heterocycles. The molecule has 2 aliphatic heterocycles. The number of ether oxygens (including phenoxy) is 2. The number of hydrogen-bond acceptors (Lipinski definition) is 8. The maximum absolute atomic E-state index is 11.3. The summed E-state index contributed by atoms with van der Waals surface area (Å²) in [5.41, 5.74) is 0.889. The number of benzene rings is 2. The van der Waals surface area contributed by atoms with Gasteiger partial charge in [0.2, 0.25) is 5.90 Å². The van der Waals surface area contributed by atoms with Crippen LogP contribution in [-0.4, -0.2) is 60.4 Å². The summed E-state index contributed by atoms with van der Waals surface area (Å²) in [5, 5.41) is 18.3. The van der Waals surface area contributed by atoms with Gasteiger partial charge in [-0.2, -0.15) is 10.3 Å². The molecule has 0 atom stereocenters. The highest BCUT2D eigenvalue weighted by Crippen LogP contribution is 2.21. The van der Waals surface area contributed by atoms with E-state index >= 15 is 0 Å². The minimum atomic E-state index is -1.20. The highest BCUT2D eigenvalue weighted by Gasteiger charge is 2.18. The summed E-state index contributed by atoms with van der Waals surface area (Å²) in [6.07, 6.45) is 0.441. The first-order valence-electron chi connectivity index (χ1n) is 9.64. The molecule has 156 valence electrons. The first-order valence-corrected chi connectivity index (χ1v) is 9.64. The largest absolute Gasteiger partial charge is 0.478 e. The number of amidine groups is 2. The van der Waals surface area contributed by atoms with E-state index in [1.165, 1.54) is 18.2 Å². The van der Waals surface area contributed by atoms with E-state index in [0.29, 0.717) is 24.6 Å². The molecule has 2 heterocycles. The molecule has 0 bridgehead atoms. The van der Waals surface area contributed by atoms with Crippen LogP contribution in [0.3, 0.4) is 0 Å². The number of carboxylic acid groups (broad SMARTS) is 1. The highest BCUT2D eigenvalue weighted by atomic mass is 16.5. The Morgan fingerprint density at radius 2 is 1.97 bits per heavy atom. The number of hydrogen-bond donors (Lipinski definition) is 1. The molecule has 1 N–H and O–H groups in total. The summed E-state index contributed by atoms with van der Waals surface area (Å²) in [7, 11) is 2.00. The van der Waals surface area contributed by atoms with E-state index in [1.807, 2.05) is 37.4 Å². The quantitative estimate of drug-likeness (QED) is 0.816. The Balaban J connectivity index is 1.49. The summed E-state index contributed by atoms with van der Waals surface area (Å²) in [5.74, 6) is 0.924. The molecule has 31 heavy (non-hydrogen) atoms. The van der Waals surface area contributed by atoms with E-state index in [2.05, 4.69) is 19.9 Å². The second-order valence-electron chi connectivity index (χ2n) is 6.90. The Hall–Kier alpha value is -4.19. The molecule has 9 nitrogen and oxygen atoms in total. The van der Waals surface area contributed by atoms with Crippen molar-refractivity contribution in [2.75, 3.05) is 26.7 Å². The van der Waals surface area contributed by atoms with E-state index in [9.17, 15) is 9.90 Å². The lowest BCUT2D eigenvalue weighted by Crippen LogP contribution is -2.23. The number of likely N-dealkylation sites (N-methyl/N-ethyl adjacent to an activating group) is 1. The summed E-state index contributed by atoms with van der Waals surface area (Å²) in [6.45, 7) is 2.08. The fourth-order valence-corrected chi connectivity index (χ4v) is 3.22. The third kappa shape index (κ3) is 4.53. The van der Waals surface area contributed by atoms with Crippen molar-refractivity contribution in [3.63, 3.8) is 0 Å². The van der Waals surface area contributed by atoms with Crippen molar-refractivity contribution >= 4 is 23.7 Å². The van der Waals surface area contributed by atoms with Crippen LogP contribution in [0.5, 0.6) is 11.5 Å². The molecule has 0 spiro atoms. The normalized spacial score (nSPS) is 15.5. The third-order valence-corrected chi connectivity index (χ3v) is 4.73. The van der Waals surface area contributed by atoms with Gasteiger partial charge in [0.15, 0.2) is 0 Å². The van der Waals surface area contributed by atoms with Crippen LogP contribution in [-0.2, 0) is 0 Å². The van der Waals surface area contributed by atoms with Crippen LogP contribution in [0, 0.1) is 11.3 Å². The fourth-order valence-electron chi connectivity index (χ4n) is 3.22. The van der Waals surface area contributed by atoms with Crippen molar-refractivity contribution in [3.8, 4) is 17.6 Å². The second kappa shape index (κ2) is 8.67. The molecule has 2 aliphatic rings. The van der Waals surface area contributed by atoms with Crippen LogP contribution >= 0.6 is 0 Å². The van der Waals surface area contributed by atoms with Gasteiger partial charge in [0.05, 0.1) is 24.2 Å². The minimum Gasteiger partial charge on any atom is -0.478 e. The SMILES string of the molecule is CN1CCN=C1c1cccc(OC2=NCCC(Oc3ccc(C#N)c(C(=O)O)c3)=N2)c1. The van der Waals surface area contributed by atoms with Gasteiger partial charge < -0.3 is 19.5 Å². The number of carbonyl (C=O) groups is 1. The molecule has 0 radical (unpaired) electrons. The molecule has 0 aliphatic carbocycles. The summed E-state index contributed by atoms with van der Waals surface area (Å²) >= 11 is 0. The average Bonchev–Trinajstić information content (AvgIpc) is 3.20. The zero-order valence-corrected chi connectivity index (χ0v) is 16.8. The van der Waals surface area contributed by atoms with Crippen LogP contribution in [0.4, 0.5) is 0 Å². The predicted molar refractivity (Wildman–Crippen MR) is 114 cm³/mol. The molecular weight excluding hydrogens is 398 g/mol. The lowest BCUT2D eigenvalue weighted by Gasteiger charge is -2.16. The van der Waals surface area contributed by atoms with E-state index in [-0.39, 0.29) is 22.9 Å². The molecule has 9 heteroatoms. The van der Waals surface area contributed by atoms with Crippen molar-refractivity contribution in [2.45, 2.75) is 6.42 Å². The van der Waals surface area contributed by atoms with Crippen molar-refractivity contribution in [3.05, 3.63) is 59.2 Å². The number of rotatable bonds is 4. The van der Waals surface area contributed by atoms with Crippen molar-refractivity contribution in [2.24, 2.45) is 15.0 Å². The highest BCUT2D eigenvalue weighted by molar-refractivity contribution is 6.00. The Labute approximate surface area is 178 Å². The summed E-state index contributed by atoms with van der Waals surface area (Å²) in [6, 6.07) is 13.8. The maximum atomic E-state index is 11.3. The number of aromatic carboxylic acids is 1. The first kappa shape index (κ1) is 20.1. The molecular formula is C22H19N5O4. The summed E-state index contributed by atoms with van der Waals surface area (Å²) in [4.78, 5) is 26.5. The van der Waals surface area contributed by atoms with Gasteiger partial charge in [-0.3, -0.25) is 4.99 Å². The van der Waals surface area contributed by atoms with Crippen LogP contribution in [0.15, 0.2) is 57.4 Å². The number of nitriles is 1. The smallest absolute Gasteiger partial charge is 0.337 e. The zero-order valence-electron chi connectivity index (χ0n) is 16.8. The number of carboxylic acids is 1. The van der Waals surface area contributed by atoms with Crippen LogP contribution < -0.4 is 9.47 Å². The lowest BCUT2D eigenvalue weighted by atomic mass is 10.1. The van der Waals surface area contributed by atoms with Gasteiger partial charge in [-0.15, -0.1) is 0 Å². The number of nitrogens with zero attached hydrogens (tertiary/aromatic N) is 5. The predicted octanol–water partition coefficient (Wildman–Crippen LogP) is 2.56. The fraction of sp³-hybridized carbons (Fsp3) is 0.227. The number of aliphatic imine (C=N–C) groups is 3. The van der Waals surface area contributed by atoms with E-state index < -0.39 is 5.97 Å². The van der Waals surface area contributed by atoms with Gasteiger partial charge in [-0.25, -0.2) is 9.79 Å². The lowest BCUT2D eigenvalue weighted by molar-refractivity contribution is 0.0696. The average molecular weight is 417 g/mol.